The number of fused-ring (bicyclic) bond motifs is 3. The smallest absolute Gasteiger partial charge is 0.0282 e. The van der Waals surface area contributed by atoms with Crippen LogP contribution in [0.15, 0.2) is 70.8 Å². The van der Waals surface area contributed by atoms with Crippen molar-refractivity contribution >= 4 is 11.8 Å². The lowest BCUT2D eigenvalue weighted by molar-refractivity contribution is 0.0424. The molecule has 2 nitrogen and oxygen atoms in total. The van der Waals surface area contributed by atoms with E-state index in [9.17, 15) is 0 Å². The van der Waals surface area contributed by atoms with E-state index in [-0.39, 0.29) is 0 Å². The summed E-state index contributed by atoms with van der Waals surface area (Å²) in [6.07, 6.45) is 24.7. The van der Waals surface area contributed by atoms with Crippen molar-refractivity contribution < 1.29 is 0 Å². The Bertz CT molecular complexity index is 660. The molecule has 2 atom stereocenters. The second kappa shape index (κ2) is 10.2. The van der Waals surface area contributed by atoms with E-state index in [1.807, 2.05) is 11.8 Å². The first-order valence-electron chi connectivity index (χ1n) is 10.4. The molecule has 146 valence electrons. The molecule has 27 heavy (non-hydrogen) atoms. The van der Waals surface area contributed by atoms with Gasteiger partial charge in [-0.3, -0.25) is 0 Å². The summed E-state index contributed by atoms with van der Waals surface area (Å²) in [7, 11) is 0. The Morgan fingerprint density at radius 2 is 1.81 bits per heavy atom. The van der Waals surface area contributed by atoms with Gasteiger partial charge >= 0.3 is 0 Å². The lowest BCUT2D eigenvalue weighted by Gasteiger charge is -2.46. The summed E-state index contributed by atoms with van der Waals surface area (Å²) >= 11 is 1.90. The molecule has 4 aliphatic rings. The molecule has 0 aromatic rings. The van der Waals surface area contributed by atoms with Crippen LogP contribution < -0.4 is 0 Å². The molecule has 0 radical (unpaired) electrons. The summed E-state index contributed by atoms with van der Waals surface area (Å²) in [5.74, 6) is 2.15. The second-order valence-corrected chi connectivity index (χ2v) is 8.99. The molecule has 0 aliphatic carbocycles. The lowest BCUT2D eigenvalue weighted by atomic mass is 9.79. The van der Waals surface area contributed by atoms with Gasteiger partial charge in [-0.05, 0) is 57.7 Å². The number of thioether (sulfide) groups is 1. The normalized spacial score (nSPS) is 30.0. The molecule has 4 aliphatic heterocycles. The maximum atomic E-state index is 2.66. The highest BCUT2D eigenvalue weighted by Gasteiger charge is 2.34. The van der Waals surface area contributed by atoms with E-state index in [1.54, 1.807) is 0 Å². The second-order valence-electron chi connectivity index (χ2n) is 7.84. The summed E-state index contributed by atoms with van der Waals surface area (Å²) in [5.41, 5.74) is 0. The Hall–Kier alpha value is -1.45. The Morgan fingerprint density at radius 3 is 2.48 bits per heavy atom. The van der Waals surface area contributed by atoms with Gasteiger partial charge in [-0.2, -0.15) is 0 Å². The van der Waals surface area contributed by atoms with Crippen LogP contribution in [-0.2, 0) is 0 Å². The standard InChI is InChI=1S/C24H34N2S/c1-4-6-8-10-20(3)24-19-26(18-23(27-24)11-9-7-5-2)17-22-16-25-14-12-21(22)13-15-25/h4-11,18-22H,12-17H2,1-3H3/b6-4-,7-5-,10-8?,11-9-. The van der Waals surface area contributed by atoms with Crippen molar-refractivity contribution in [2.45, 2.75) is 33.6 Å². The van der Waals surface area contributed by atoms with Gasteiger partial charge in [0.15, 0.2) is 0 Å². The van der Waals surface area contributed by atoms with Gasteiger partial charge in [0.2, 0.25) is 0 Å². The monoisotopic (exact) mass is 382 g/mol. The maximum absolute atomic E-state index is 2.66. The first kappa shape index (κ1) is 20.3. The van der Waals surface area contributed by atoms with Crippen molar-refractivity contribution in [1.29, 1.82) is 0 Å². The van der Waals surface area contributed by atoms with Gasteiger partial charge in [0.25, 0.3) is 0 Å². The summed E-state index contributed by atoms with van der Waals surface area (Å²) in [4.78, 5) is 7.89. The first-order chi connectivity index (χ1) is 13.2. The molecule has 3 heteroatoms. The van der Waals surface area contributed by atoms with E-state index in [0.29, 0.717) is 5.92 Å². The molecule has 0 saturated carbocycles. The minimum Gasteiger partial charge on any atom is -0.352 e. The molecule has 0 N–H and O–H groups in total. The number of hydrogen-bond donors (Lipinski definition) is 0. The molecule has 0 aromatic carbocycles. The quantitative estimate of drug-likeness (QED) is 0.502. The van der Waals surface area contributed by atoms with Gasteiger partial charge in [-0.1, -0.05) is 61.2 Å². The molecule has 0 aromatic heterocycles. The highest BCUT2D eigenvalue weighted by Crippen LogP contribution is 2.38. The minimum atomic E-state index is 0.430. The third kappa shape index (κ3) is 5.76. The molecule has 0 spiro atoms. The van der Waals surface area contributed by atoms with Gasteiger partial charge in [-0.25, -0.2) is 0 Å². The number of rotatable bonds is 7. The van der Waals surface area contributed by atoms with Crippen LogP contribution in [0.1, 0.15) is 33.6 Å². The van der Waals surface area contributed by atoms with E-state index in [0.717, 1.165) is 18.4 Å². The Labute approximate surface area is 170 Å². The summed E-state index contributed by atoms with van der Waals surface area (Å²) in [6, 6.07) is 0. The van der Waals surface area contributed by atoms with Crippen LogP contribution in [0.2, 0.25) is 0 Å². The zero-order chi connectivity index (χ0) is 19.1. The highest BCUT2D eigenvalue weighted by atomic mass is 32.2. The zero-order valence-electron chi connectivity index (χ0n) is 17.1. The predicted octanol–water partition coefficient (Wildman–Crippen LogP) is 5.96. The van der Waals surface area contributed by atoms with Gasteiger partial charge in [0.05, 0.1) is 0 Å². The summed E-state index contributed by atoms with van der Waals surface area (Å²) in [5, 5.41) is 0. The molecular weight excluding hydrogens is 348 g/mol. The Morgan fingerprint density at radius 1 is 1.07 bits per heavy atom. The minimum absolute atomic E-state index is 0.430. The fraction of sp³-hybridized carbons (Fsp3) is 0.500. The van der Waals surface area contributed by atoms with Crippen LogP contribution in [0.25, 0.3) is 0 Å². The van der Waals surface area contributed by atoms with E-state index < -0.39 is 0 Å². The van der Waals surface area contributed by atoms with Crippen LogP contribution in [0, 0.1) is 17.8 Å². The molecule has 4 heterocycles. The SMILES string of the molecule is C/C=C\C=CC(C)C1=CN(CC2CN3CCC2CC3)C=C(/C=C\C=C/C)S1. The Kier molecular flexibility index (Phi) is 7.66. The molecular formula is C24H34N2S. The third-order valence-corrected chi connectivity index (χ3v) is 6.97. The molecule has 2 bridgehead atoms. The Balaban J connectivity index is 1.73. The largest absolute Gasteiger partial charge is 0.352 e. The van der Waals surface area contributed by atoms with Crippen LogP contribution in [0.4, 0.5) is 0 Å². The van der Waals surface area contributed by atoms with Crippen molar-refractivity contribution in [3.8, 4) is 0 Å². The van der Waals surface area contributed by atoms with Crippen molar-refractivity contribution in [1.82, 2.24) is 9.80 Å². The molecule has 3 fully saturated rings. The average Bonchev–Trinajstić information content (AvgIpc) is 2.69. The number of piperidine rings is 3. The van der Waals surface area contributed by atoms with Crippen molar-refractivity contribution in [3.05, 3.63) is 70.8 Å². The molecule has 4 rings (SSSR count). The summed E-state index contributed by atoms with van der Waals surface area (Å²) in [6.45, 7) is 11.5. The highest BCUT2D eigenvalue weighted by molar-refractivity contribution is 8.07. The molecule has 0 amide bonds. The fourth-order valence-electron chi connectivity index (χ4n) is 4.21. The number of allylic oxidation sites excluding steroid dienone is 9. The van der Waals surface area contributed by atoms with Crippen LogP contribution in [0.5, 0.6) is 0 Å². The average molecular weight is 383 g/mol. The van der Waals surface area contributed by atoms with Crippen molar-refractivity contribution in [3.63, 3.8) is 0 Å². The van der Waals surface area contributed by atoms with E-state index >= 15 is 0 Å². The van der Waals surface area contributed by atoms with Gasteiger partial charge in [0.1, 0.15) is 0 Å². The lowest BCUT2D eigenvalue weighted by Crippen LogP contribution is -2.50. The van der Waals surface area contributed by atoms with Crippen LogP contribution in [0.3, 0.4) is 0 Å². The molecule has 3 saturated heterocycles. The van der Waals surface area contributed by atoms with E-state index in [2.05, 4.69) is 91.6 Å². The fourth-order valence-corrected chi connectivity index (χ4v) is 5.27. The van der Waals surface area contributed by atoms with Gasteiger partial charge in [-0.15, -0.1) is 0 Å². The third-order valence-electron chi connectivity index (χ3n) is 5.77. The van der Waals surface area contributed by atoms with Crippen molar-refractivity contribution in [2.24, 2.45) is 17.8 Å². The first-order valence-corrected chi connectivity index (χ1v) is 11.2. The zero-order valence-corrected chi connectivity index (χ0v) is 17.9. The topological polar surface area (TPSA) is 6.48 Å². The molecule has 2 unspecified atom stereocenters. The predicted molar refractivity (Wildman–Crippen MR) is 120 cm³/mol. The van der Waals surface area contributed by atoms with Crippen molar-refractivity contribution in [2.75, 3.05) is 26.2 Å². The van der Waals surface area contributed by atoms with E-state index in [1.165, 1.54) is 42.3 Å². The van der Waals surface area contributed by atoms with Crippen LogP contribution in [-0.4, -0.2) is 36.0 Å². The van der Waals surface area contributed by atoms with Gasteiger partial charge in [0, 0.05) is 41.2 Å². The van der Waals surface area contributed by atoms with Crippen LogP contribution >= 0.6 is 11.8 Å². The number of hydrogen-bond acceptors (Lipinski definition) is 3. The summed E-state index contributed by atoms with van der Waals surface area (Å²) < 4.78 is 0. The van der Waals surface area contributed by atoms with Gasteiger partial charge < -0.3 is 9.80 Å². The van der Waals surface area contributed by atoms with E-state index in [4.69, 9.17) is 0 Å². The number of nitrogens with zero attached hydrogens (tertiary/aromatic N) is 2. The maximum Gasteiger partial charge on any atom is 0.0282 e.